The highest BCUT2D eigenvalue weighted by atomic mass is 16.1. The van der Waals surface area contributed by atoms with Crippen LogP contribution in [0.15, 0.2) is 18.2 Å². The molecule has 0 atom stereocenters. The summed E-state index contributed by atoms with van der Waals surface area (Å²) >= 11 is 0. The molecule has 0 saturated carbocycles. The number of hydrogen-bond acceptors (Lipinski definition) is 3. The molecule has 0 fully saturated rings. The van der Waals surface area contributed by atoms with E-state index in [9.17, 15) is 4.79 Å². The van der Waals surface area contributed by atoms with Crippen molar-refractivity contribution >= 4 is 11.6 Å². The Kier molecular flexibility index (Phi) is 3.92. The molecule has 0 saturated heterocycles. The number of anilines is 1. The molecule has 0 aromatic heterocycles. The van der Waals surface area contributed by atoms with Crippen molar-refractivity contribution in [1.82, 2.24) is 4.90 Å². The predicted molar refractivity (Wildman–Crippen MR) is 78.0 cm³/mol. The number of rotatable bonds is 5. The van der Waals surface area contributed by atoms with E-state index in [4.69, 9.17) is 5.73 Å². The fourth-order valence-electron chi connectivity index (χ4n) is 2.41. The van der Waals surface area contributed by atoms with E-state index in [1.807, 2.05) is 6.07 Å². The maximum Gasteiger partial charge on any atom is 0.228 e. The summed E-state index contributed by atoms with van der Waals surface area (Å²) in [6.45, 7) is 5.98. The van der Waals surface area contributed by atoms with E-state index < -0.39 is 0 Å². The number of nitrogens with two attached hydrogens (primary N) is 1. The Bertz CT molecular complexity index is 482. The summed E-state index contributed by atoms with van der Waals surface area (Å²) in [7, 11) is 2.12. The van der Waals surface area contributed by atoms with E-state index in [2.05, 4.69) is 43.2 Å². The Hall–Kier alpha value is -1.39. The molecule has 3 N–H and O–H groups in total. The average molecular weight is 261 g/mol. The quantitative estimate of drug-likeness (QED) is 0.849. The minimum atomic E-state index is 0.0852. The average Bonchev–Trinajstić information content (AvgIpc) is 2.68. The van der Waals surface area contributed by atoms with Gasteiger partial charge < -0.3 is 11.1 Å². The Morgan fingerprint density at radius 1 is 1.42 bits per heavy atom. The monoisotopic (exact) mass is 261 g/mol. The van der Waals surface area contributed by atoms with Gasteiger partial charge in [-0.3, -0.25) is 9.69 Å². The minimum Gasteiger partial charge on any atom is -0.330 e. The molecule has 0 spiro atoms. The first-order chi connectivity index (χ1) is 8.92. The summed E-state index contributed by atoms with van der Waals surface area (Å²) < 4.78 is 0. The van der Waals surface area contributed by atoms with Gasteiger partial charge >= 0.3 is 0 Å². The summed E-state index contributed by atoms with van der Waals surface area (Å²) in [5, 5.41) is 2.86. The van der Waals surface area contributed by atoms with Gasteiger partial charge in [0.1, 0.15) is 0 Å². The molecule has 104 valence electrons. The van der Waals surface area contributed by atoms with Crippen molar-refractivity contribution in [3.05, 3.63) is 29.3 Å². The van der Waals surface area contributed by atoms with Crippen LogP contribution in [0.25, 0.3) is 0 Å². The van der Waals surface area contributed by atoms with E-state index in [1.54, 1.807) is 0 Å². The van der Waals surface area contributed by atoms with Gasteiger partial charge in [0.25, 0.3) is 0 Å². The molecule has 0 bridgehead atoms. The van der Waals surface area contributed by atoms with E-state index in [0.29, 0.717) is 13.0 Å². The summed E-state index contributed by atoms with van der Waals surface area (Å²) in [6.07, 6.45) is 1.47. The topological polar surface area (TPSA) is 58.4 Å². The lowest BCUT2D eigenvalue weighted by Crippen LogP contribution is -2.42. The first-order valence-electron chi connectivity index (χ1n) is 6.75. The molecule has 1 aliphatic rings. The van der Waals surface area contributed by atoms with Crippen LogP contribution >= 0.6 is 0 Å². The second-order valence-corrected chi connectivity index (χ2v) is 5.92. The fraction of sp³-hybridized carbons (Fsp3) is 0.533. The Morgan fingerprint density at radius 2 is 2.16 bits per heavy atom. The molecule has 19 heavy (non-hydrogen) atoms. The maximum atomic E-state index is 11.3. The standard InChI is InChI=1S/C15H23N3O/c1-15(2,6-7-16)18(3)10-11-4-5-13-12(8-11)9-14(19)17-13/h4-5,8H,6-7,9-10,16H2,1-3H3,(H,17,19). The van der Waals surface area contributed by atoms with Gasteiger partial charge in [-0.2, -0.15) is 0 Å². The van der Waals surface area contributed by atoms with Gasteiger partial charge in [0.15, 0.2) is 0 Å². The lowest BCUT2D eigenvalue weighted by atomic mass is 9.97. The van der Waals surface area contributed by atoms with Gasteiger partial charge in [-0.05, 0) is 51.1 Å². The van der Waals surface area contributed by atoms with Crippen LogP contribution in [0.2, 0.25) is 0 Å². The van der Waals surface area contributed by atoms with Crippen LogP contribution in [0.4, 0.5) is 5.69 Å². The summed E-state index contributed by atoms with van der Waals surface area (Å²) in [5.74, 6) is 0.0870. The van der Waals surface area contributed by atoms with Gasteiger partial charge in [0, 0.05) is 17.8 Å². The van der Waals surface area contributed by atoms with Crippen molar-refractivity contribution in [3.8, 4) is 0 Å². The summed E-state index contributed by atoms with van der Waals surface area (Å²) in [5.41, 5.74) is 9.05. The van der Waals surface area contributed by atoms with Crippen molar-refractivity contribution in [3.63, 3.8) is 0 Å². The van der Waals surface area contributed by atoms with Crippen LogP contribution in [-0.2, 0) is 17.8 Å². The molecular weight excluding hydrogens is 238 g/mol. The predicted octanol–water partition coefficient (Wildman–Crippen LogP) is 1.74. The van der Waals surface area contributed by atoms with Gasteiger partial charge in [-0.25, -0.2) is 0 Å². The third kappa shape index (κ3) is 3.14. The summed E-state index contributed by atoms with van der Waals surface area (Å²) in [6, 6.07) is 6.21. The van der Waals surface area contributed by atoms with Gasteiger partial charge in [0.05, 0.1) is 6.42 Å². The number of hydrogen-bond donors (Lipinski definition) is 2. The van der Waals surface area contributed by atoms with Crippen LogP contribution in [0.5, 0.6) is 0 Å². The molecule has 4 nitrogen and oxygen atoms in total. The minimum absolute atomic E-state index is 0.0852. The highest BCUT2D eigenvalue weighted by Gasteiger charge is 2.23. The molecule has 1 heterocycles. The zero-order valence-corrected chi connectivity index (χ0v) is 12.0. The number of amides is 1. The fourth-order valence-corrected chi connectivity index (χ4v) is 2.41. The molecule has 1 aliphatic heterocycles. The van der Waals surface area contributed by atoms with Crippen molar-refractivity contribution in [2.24, 2.45) is 5.73 Å². The number of nitrogens with zero attached hydrogens (tertiary/aromatic N) is 1. The maximum absolute atomic E-state index is 11.3. The van der Waals surface area contributed by atoms with Crippen LogP contribution in [0.3, 0.4) is 0 Å². The number of carbonyl (C=O) groups excluding carboxylic acids is 1. The van der Waals surface area contributed by atoms with Gasteiger partial charge in [0.2, 0.25) is 5.91 Å². The first kappa shape index (κ1) is 14.0. The largest absolute Gasteiger partial charge is 0.330 e. The second-order valence-electron chi connectivity index (χ2n) is 5.92. The molecule has 1 aromatic carbocycles. The SMILES string of the molecule is CN(Cc1ccc2c(c1)CC(=O)N2)C(C)(C)CCN. The molecule has 0 radical (unpaired) electrons. The van der Waals surface area contributed by atoms with Crippen molar-refractivity contribution in [2.75, 3.05) is 18.9 Å². The molecule has 4 heteroatoms. The molecule has 1 amide bonds. The lowest BCUT2D eigenvalue weighted by Gasteiger charge is -2.35. The van der Waals surface area contributed by atoms with Crippen LogP contribution in [0, 0.1) is 0 Å². The highest BCUT2D eigenvalue weighted by Crippen LogP contribution is 2.26. The third-order valence-corrected chi connectivity index (χ3v) is 4.00. The number of nitrogens with one attached hydrogen (secondary N) is 1. The molecule has 0 aliphatic carbocycles. The smallest absolute Gasteiger partial charge is 0.228 e. The van der Waals surface area contributed by atoms with E-state index in [-0.39, 0.29) is 11.4 Å². The number of benzene rings is 1. The number of carbonyl (C=O) groups is 1. The third-order valence-electron chi connectivity index (χ3n) is 4.00. The number of fused-ring (bicyclic) bond motifs is 1. The van der Waals surface area contributed by atoms with E-state index in [1.165, 1.54) is 5.56 Å². The van der Waals surface area contributed by atoms with Crippen molar-refractivity contribution in [1.29, 1.82) is 0 Å². The highest BCUT2D eigenvalue weighted by molar-refractivity contribution is 5.99. The second kappa shape index (κ2) is 5.31. The summed E-state index contributed by atoms with van der Waals surface area (Å²) in [4.78, 5) is 13.7. The van der Waals surface area contributed by atoms with Crippen LogP contribution in [0.1, 0.15) is 31.4 Å². The van der Waals surface area contributed by atoms with Gasteiger partial charge in [-0.1, -0.05) is 12.1 Å². The zero-order valence-electron chi connectivity index (χ0n) is 12.0. The lowest BCUT2D eigenvalue weighted by molar-refractivity contribution is -0.115. The van der Waals surface area contributed by atoms with Crippen LogP contribution in [-0.4, -0.2) is 29.9 Å². The first-order valence-corrected chi connectivity index (χ1v) is 6.75. The molecule has 1 aromatic rings. The molecular formula is C15H23N3O. The van der Waals surface area contributed by atoms with E-state index >= 15 is 0 Å². The van der Waals surface area contributed by atoms with Gasteiger partial charge in [-0.15, -0.1) is 0 Å². The molecule has 0 unspecified atom stereocenters. The Labute approximate surface area is 115 Å². The molecule has 2 rings (SSSR count). The Balaban J connectivity index is 2.08. The normalized spacial score (nSPS) is 14.7. The van der Waals surface area contributed by atoms with E-state index in [0.717, 1.165) is 24.2 Å². The van der Waals surface area contributed by atoms with Crippen LogP contribution < -0.4 is 11.1 Å². The zero-order chi connectivity index (χ0) is 14.0. The van der Waals surface area contributed by atoms with Crippen molar-refractivity contribution in [2.45, 2.75) is 38.8 Å². The van der Waals surface area contributed by atoms with Crippen molar-refractivity contribution < 1.29 is 4.79 Å². The Morgan fingerprint density at radius 3 is 2.84 bits per heavy atom.